The Morgan fingerprint density at radius 3 is 2.10 bits per heavy atom. The molecule has 0 amide bonds. The maximum Gasteiger partial charge on any atom is -0.00488 e. The Morgan fingerprint density at radius 2 is 1.48 bits per heavy atom. The molecule has 2 aliphatic rings. The van der Waals surface area contributed by atoms with Crippen molar-refractivity contribution in [3.05, 3.63) is 0 Å². The van der Waals surface area contributed by atoms with Gasteiger partial charge in [-0.05, 0) is 86.6 Å². The van der Waals surface area contributed by atoms with Gasteiger partial charge in [-0.25, -0.2) is 0 Å². The summed E-state index contributed by atoms with van der Waals surface area (Å²) >= 11 is 0. The summed E-state index contributed by atoms with van der Waals surface area (Å²) in [5, 5.41) is 0. The van der Waals surface area contributed by atoms with Crippen molar-refractivity contribution < 1.29 is 0 Å². The van der Waals surface area contributed by atoms with E-state index in [1.54, 1.807) is 0 Å². The number of hydrogen-bond donors (Lipinski definition) is 2. The minimum Gasteiger partial charge on any atom is -0.330 e. The molecule has 2 fully saturated rings. The molecule has 0 bridgehead atoms. The lowest BCUT2D eigenvalue weighted by molar-refractivity contribution is 0.0515. The minimum atomic E-state index is 0.781. The topological polar surface area (TPSA) is 52.0 Å². The Kier molecular flexibility index (Phi) is 6.55. The lowest BCUT2D eigenvalue weighted by Gasteiger charge is -2.45. The first-order valence-corrected chi connectivity index (χ1v) is 9.46. The van der Waals surface area contributed by atoms with Crippen LogP contribution in [0.1, 0.15) is 65.7 Å². The van der Waals surface area contributed by atoms with Gasteiger partial charge in [0, 0.05) is 0 Å². The zero-order chi connectivity index (χ0) is 15.4. The summed E-state index contributed by atoms with van der Waals surface area (Å²) in [6.45, 7) is 9.19. The first kappa shape index (κ1) is 17.3. The molecule has 2 saturated carbocycles. The van der Waals surface area contributed by atoms with Crippen LogP contribution in [0.5, 0.6) is 0 Å². The fourth-order valence-electron chi connectivity index (χ4n) is 5.33. The van der Waals surface area contributed by atoms with Crippen LogP contribution in [0, 0.1) is 41.4 Å². The van der Waals surface area contributed by atoms with E-state index in [0.717, 1.165) is 54.5 Å². The lowest BCUT2D eigenvalue weighted by atomic mass is 9.61. The molecule has 0 spiro atoms. The molecule has 0 saturated heterocycles. The Bertz CT molecular complexity index is 302. The fraction of sp³-hybridized carbons (Fsp3) is 1.00. The molecule has 0 heterocycles. The molecular weight excluding hydrogens is 256 g/mol. The van der Waals surface area contributed by atoms with Crippen LogP contribution in [0.15, 0.2) is 0 Å². The van der Waals surface area contributed by atoms with E-state index in [9.17, 15) is 0 Å². The van der Waals surface area contributed by atoms with Crippen LogP contribution in [0.25, 0.3) is 0 Å². The third kappa shape index (κ3) is 4.22. The molecule has 0 aromatic heterocycles. The zero-order valence-corrected chi connectivity index (χ0v) is 14.6. The lowest BCUT2D eigenvalue weighted by Crippen LogP contribution is -2.38. The third-order valence-corrected chi connectivity index (χ3v) is 6.83. The summed E-state index contributed by atoms with van der Waals surface area (Å²) in [7, 11) is 0. The van der Waals surface area contributed by atoms with E-state index < -0.39 is 0 Å². The second kappa shape index (κ2) is 7.97. The molecule has 0 aromatic rings. The van der Waals surface area contributed by atoms with Crippen molar-refractivity contribution in [1.82, 2.24) is 0 Å². The average molecular weight is 295 g/mol. The van der Waals surface area contributed by atoms with Crippen molar-refractivity contribution in [2.75, 3.05) is 13.1 Å². The van der Waals surface area contributed by atoms with Crippen molar-refractivity contribution in [1.29, 1.82) is 0 Å². The average Bonchev–Trinajstić information content (AvgIpc) is 2.53. The van der Waals surface area contributed by atoms with Gasteiger partial charge in [0.15, 0.2) is 0 Å². The number of hydrogen-bond acceptors (Lipinski definition) is 2. The minimum absolute atomic E-state index is 0.781. The molecule has 0 radical (unpaired) electrons. The van der Waals surface area contributed by atoms with Gasteiger partial charge in [-0.1, -0.05) is 33.6 Å². The van der Waals surface area contributed by atoms with Crippen LogP contribution in [-0.4, -0.2) is 13.1 Å². The monoisotopic (exact) mass is 294 g/mol. The summed E-state index contributed by atoms with van der Waals surface area (Å²) in [5.41, 5.74) is 11.9. The molecule has 2 rings (SSSR count). The molecule has 4 N–H and O–H groups in total. The van der Waals surface area contributed by atoms with Gasteiger partial charge in [0.1, 0.15) is 0 Å². The quantitative estimate of drug-likeness (QED) is 0.804. The highest BCUT2D eigenvalue weighted by Gasteiger charge is 2.38. The smallest absolute Gasteiger partial charge is 0.00488 e. The molecule has 0 aromatic carbocycles. The molecule has 4 unspecified atom stereocenters. The van der Waals surface area contributed by atoms with Crippen LogP contribution in [0.3, 0.4) is 0 Å². The second-order valence-corrected chi connectivity index (χ2v) is 8.37. The van der Waals surface area contributed by atoms with Gasteiger partial charge in [0.25, 0.3) is 0 Å². The first-order valence-electron chi connectivity index (χ1n) is 9.46. The largest absolute Gasteiger partial charge is 0.330 e. The van der Waals surface area contributed by atoms with Crippen LogP contribution in [-0.2, 0) is 0 Å². The van der Waals surface area contributed by atoms with Crippen molar-refractivity contribution in [2.24, 2.45) is 52.9 Å². The molecular formula is C19H38N2. The predicted octanol–water partition coefficient (Wildman–Crippen LogP) is 4.03. The summed E-state index contributed by atoms with van der Waals surface area (Å²) in [4.78, 5) is 0. The van der Waals surface area contributed by atoms with E-state index in [-0.39, 0.29) is 0 Å². The van der Waals surface area contributed by atoms with Crippen LogP contribution < -0.4 is 11.5 Å². The standard InChI is InChI=1S/C19H38N2/c1-13(2)19-10-16(12-21)7-8-18(19)14(3)17-6-4-5-15(9-17)11-20/h13-19H,4-12,20-21H2,1-3H3/t14?,15-,16?,17-,18?,19?/m1/s1. The summed E-state index contributed by atoms with van der Waals surface area (Å²) in [5.74, 6) is 6.00. The highest BCUT2D eigenvalue weighted by Crippen LogP contribution is 2.46. The van der Waals surface area contributed by atoms with Crippen LogP contribution in [0.2, 0.25) is 0 Å². The number of rotatable bonds is 5. The van der Waals surface area contributed by atoms with E-state index in [1.165, 1.54) is 44.9 Å². The van der Waals surface area contributed by atoms with Gasteiger partial charge in [-0.3, -0.25) is 0 Å². The Balaban J connectivity index is 2.00. The van der Waals surface area contributed by atoms with Gasteiger partial charge >= 0.3 is 0 Å². The van der Waals surface area contributed by atoms with Crippen LogP contribution >= 0.6 is 0 Å². The fourth-order valence-corrected chi connectivity index (χ4v) is 5.33. The van der Waals surface area contributed by atoms with E-state index >= 15 is 0 Å². The van der Waals surface area contributed by atoms with Crippen molar-refractivity contribution in [3.8, 4) is 0 Å². The van der Waals surface area contributed by atoms with Crippen molar-refractivity contribution in [2.45, 2.75) is 65.7 Å². The molecule has 2 aliphatic carbocycles. The Morgan fingerprint density at radius 1 is 0.810 bits per heavy atom. The van der Waals surface area contributed by atoms with Gasteiger partial charge in [-0.2, -0.15) is 0 Å². The van der Waals surface area contributed by atoms with Crippen molar-refractivity contribution >= 4 is 0 Å². The summed E-state index contributed by atoms with van der Waals surface area (Å²) in [6.07, 6.45) is 9.75. The second-order valence-electron chi connectivity index (χ2n) is 8.37. The Labute approximate surface area is 132 Å². The maximum atomic E-state index is 5.95. The van der Waals surface area contributed by atoms with Gasteiger partial charge in [0.2, 0.25) is 0 Å². The van der Waals surface area contributed by atoms with E-state index in [0.29, 0.717) is 0 Å². The summed E-state index contributed by atoms with van der Waals surface area (Å²) in [6, 6.07) is 0. The van der Waals surface area contributed by atoms with Crippen molar-refractivity contribution in [3.63, 3.8) is 0 Å². The molecule has 6 atom stereocenters. The zero-order valence-electron chi connectivity index (χ0n) is 14.6. The van der Waals surface area contributed by atoms with Crippen LogP contribution in [0.4, 0.5) is 0 Å². The molecule has 124 valence electrons. The molecule has 0 aliphatic heterocycles. The summed E-state index contributed by atoms with van der Waals surface area (Å²) < 4.78 is 0. The third-order valence-electron chi connectivity index (χ3n) is 6.83. The normalized spacial score (nSPS) is 39.4. The molecule has 2 heteroatoms. The Hall–Kier alpha value is -0.0800. The van der Waals surface area contributed by atoms with E-state index in [1.807, 2.05) is 0 Å². The molecule has 2 nitrogen and oxygen atoms in total. The van der Waals surface area contributed by atoms with Gasteiger partial charge in [-0.15, -0.1) is 0 Å². The van der Waals surface area contributed by atoms with Gasteiger partial charge in [0.05, 0.1) is 0 Å². The first-order chi connectivity index (χ1) is 10.1. The highest BCUT2D eigenvalue weighted by atomic mass is 14.6. The predicted molar refractivity (Wildman–Crippen MR) is 91.9 cm³/mol. The highest BCUT2D eigenvalue weighted by molar-refractivity contribution is 4.89. The SMILES string of the molecule is CC(C)C1CC(CN)CCC1C(C)[C@@H]1CCC[C@@H](CN)C1. The maximum absolute atomic E-state index is 5.95. The molecule has 21 heavy (non-hydrogen) atoms. The number of nitrogens with two attached hydrogens (primary N) is 2. The van der Waals surface area contributed by atoms with Gasteiger partial charge < -0.3 is 11.5 Å². The van der Waals surface area contributed by atoms with E-state index in [2.05, 4.69) is 20.8 Å². The van der Waals surface area contributed by atoms with E-state index in [4.69, 9.17) is 11.5 Å².